The molecule has 5 heteroatoms. The van der Waals surface area contributed by atoms with Gasteiger partial charge < -0.3 is 5.11 Å². The van der Waals surface area contributed by atoms with Crippen molar-refractivity contribution in [1.82, 2.24) is 0 Å². The van der Waals surface area contributed by atoms with E-state index in [1.165, 1.54) is 11.8 Å². The van der Waals surface area contributed by atoms with Gasteiger partial charge >= 0.3 is 0 Å². The van der Waals surface area contributed by atoms with Crippen LogP contribution >= 0.6 is 50.9 Å². The van der Waals surface area contributed by atoms with Crippen molar-refractivity contribution in [2.45, 2.75) is 22.8 Å². The lowest BCUT2D eigenvalue weighted by Crippen LogP contribution is -1.91. The molecule has 0 spiro atoms. The van der Waals surface area contributed by atoms with Crippen LogP contribution in [0.1, 0.15) is 18.6 Å². The summed E-state index contributed by atoms with van der Waals surface area (Å²) in [5.41, 5.74) is 0.869. The van der Waals surface area contributed by atoms with Gasteiger partial charge in [-0.2, -0.15) is 0 Å². The Morgan fingerprint density at radius 2 is 1.84 bits per heavy atom. The molecule has 19 heavy (non-hydrogen) atoms. The van der Waals surface area contributed by atoms with Crippen LogP contribution in [0.25, 0.3) is 0 Å². The average Bonchev–Trinajstić information content (AvgIpc) is 2.36. The molecule has 100 valence electrons. The highest BCUT2D eigenvalue weighted by Crippen LogP contribution is 2.39. The Labute approximate surface area is 135 Å². The largest absolute Gasteiger partial charge is 0.389 e. The summed E-state index contributed by atoms with van der Waals surface area (Å²) in [4.78, 5) is 1.92. The lowest BCUT2D eigenvalue weighted by Gasteiger charge is -2.10. The first kappa shape index (κ1) is 15.2. The molecule has 0 saturated carbocycles. The van der Waals surface area contributed by atoms with E-state index in [0.29, 0.717) is 10.0 Å². The lowest BCUT2D eigenvalue weighted by atomic mass is 10.1. The third-order valence-corrected chi connectivity index (χ3v) is 5.28. The zero-order valence-corrected chi connectivity index (χ0v) is 13.9. The smallest absolute Gasteiger partial charge is 0.0762 e. The van der Waals surface area contributed by atoms with Crippen molar-refractivity contribution in [2.75, 3.05) is 0 Å². The fourth-order valence-corrected chi connectivity index (χ4v) is 3.52. The molecule has 0 radical (unpaired) electrons. The van der Waals surface area contributed by atoms with Crippen LogP contribution in [0.4, 0.5) is 0 Å². The molecule has 0 aliphatic rings. The van der Waals surface area contributed by atoms with Crippen molar-refractivity contribution in [3.8, 4) is 0 Å². The first-order valence-electron chi connectivity index (χ1n) is 5.58. The van der Waals surface area contributed by atoms with Crippen LogP contribution in [0.2, 0.25) is 10.0 Å². The van der Waals surface area contributed by atoms with Crippen molar-refractivity contribution >= 4 is 50.9 Å². The zero-order valence-electron chi connectivity index (χ0n) is 10.0. The van der Waals surface area contributed by atoms with Crippen molar-refractivity contribution in [2.24, 2.45) is 0 Å². The SMILES string of the molecule is C[C@H](O)c1ccc(Sc2cc(Cl)ccc2Cl)c(Br)c1. The van der Waals surface area contributed by atoms with Crippen LogP contribution in [0.15, 0.2) is 50.7 Å². The quantitative estimate of drug-likeness (QED) is 0.711. The summed E-state index contributed by atoms with van der Waals surface area (Å²) in [6.45, 7) is 1.74. The lowest BCUT2D eigenvalue weighted by molar-refractivity contribution is 0.199. The molecule has 0 aliphatic heterocycles. The number of halogens is 3. The monoisotopic (exact) mass is 376 g/mol. The summed E-state index contributed by atoms with van der Waals surface area (Å²) >= 11 is 17.2. The molecule has 2 rings (SSSR count). The molecule has 0 fully saturated rings. The minimum atomic E-state index is -0.481. The van der Waals surface area contributed by atoms with E-state index in [-0.39, 0.29) is 0 Å². The average molecular weight is 378 g/mol. The molecule has 1 nitrogen and oxygen atoms in total. The Morgan fingerprint density at radius 1 is 1.11 bits per heavy atom. The molecule has 1 N–H and O–H groups in total. The van der Waals surface area contributed by atoms with E-state index in [0.717, 1.165) is 19.8 Å². The maximum atomic E-state index is 9.54. The van der Waals surface area contributed by atoms with Gasteiger partial charge in [0.2, 0.25) is 0 Å². The van der Waals surface area contributed by atoms with Gasteiger partial charge in [-0.1, -0.05) is 41.0 Å². The summed E-state index contributed by atoms with van der Waals surface area (Å²) < 4.78 is 0.923. The van der Waals surface area contributed by atoms with Gasteiger partial charge in [0, 0.05) is 19.3 Å². The van der Waals surface area contributed by atoms with Crippen LogP contribution < -0.4 is 0 Å². The number of benzene rings is 2. The van der Waals surface area contributed by atoms with Gasteiger partial charge in [-0.15, -0.1) is 0 Å². The third-order valence-electron chi connectivity index (χ3n) is 2.55. The maximum Gasteiger partial charge on any atom is 0.0762 e. The Bertz CT molecular complexity index is 602. The minimum absolute atomic E-state index is 0.481. The second-order valence-corrected chi connectivity index (χ2v) is 6.82. The molecule has 2 aromatic rings. The second-order valence-electron chi connectivity index (χ2n) is 4.04. The van der Waals surface area contributed by atoms with Crippen molar-refractivity contribution < 1.29 is 5.11 Å². The summed E-state index contributed by atoms with van der Waals surface area (Å²) in [5, 5.41) is 10.9. The molecule has 0 saturated heterocycles. The first-order chi connectivity index (χ1) is 8.97. The van der Waals surface area contributed by atoms with Gasteiger partial charge in [-0.05, 0) is 58.7 Å². The minimum Gasteiger partial charge on any atom is -0.389 e. The van der Waals surface area contributed by atoms with Gasteiger partial charge in [0.1, 0.15) is 0 Å². The Hall–Kier alpha value is -0.190. The summed E-state index contributed by atoms with van der Waals surface area (Å²) in [5.74, 6) is 0. The van der Waals surface area contributed by atoms with Crippen LogP contribution in [0.5, 0.6) is 0 Å². The zero-order chi connectivity index (χ0) is 14.0. The predicted molar refractivity (Wildman–Crippen MR) is 85.4 cm³/mol. The van der Waals surface area contributed by atoms with Crippen LogP contribution in [0, 0.1) is 0 Å². The van der Waals surface area contributed by atoms with E-state index in [2.05, 4.69) is 15.9 Å². The molecular weight excluding hydrogens is 367 g/mol. The molecule has 0 heterocycles. The first-order valence-corrected chi connectivity index (χ1v) is 7.94. The van der Waals surface area contributed by atoms with Crippen LogP contribution in [0.3, 0.4) is 0 Å². The fraction of sp³-hybridized carbons (Fsp3) is 0.143. The number of rotatable bonds is 3. The highest BCUT2D eigenvalue weighted by molar-refractivity contribution is 9.10. The number of hydrogen-bond acceptors (Lipinski definition) is 2. The third kappa shape index (κ3) is 3.89. The Kier molecular flexibility index (Phi) is 5.21. The molecule has 0 aromatic heterocycles. The molecule has 0 bridgehead atoms. The number of hydrogen-bond donors (Lipinski definition) is 1. The van der Waals surface area contributed by atoms with Crippen LogP contribution in [-0.4, -0.2) is 5.11 Å². The molecule has 2 aromatic carbocycles. The van der Waals surface area contributed by atoms with E-state index >= 15 is 0 Å². The highest BCUT2D eigenvalue weighted by atomic mass is 79.9. The second kappa shape index (κ2) is 6.51. The van der Waals surface area contributed by atoms with Crippen LogP contribution in [-0.2, 0) is 0 Å². The fourth-order valence-electron chi connectivity index (χ4n) is 1.53. The van der Waals surface area contributed by atoms with E-state index in [1.54, 1.807) is 19.1 Å². The molecule has 0 aliphatic carbocycles. The van der Waals surface area contributed by atoms with Gasteiger partial charge in [0.05, 0.1) is 11.1 Å². The summed E-state index contributed by atoms with van der Waals surface area (Å²) in [7, 11) is 0. The molecule has 1 atom stereocenters. The molecule has 0 amide bonds. The van der Waals surface area contributed by atoms with E-state index in [9.17, 15) is 5.11 Å². The van der Waals surface area contributed by atoms with E-state index < -0.39 is 6.10 Å². The topological polar surface area (TPSA) is 20.2 Å². The standard InChI is InChI=1S/C14H11BrCl2OS/c1-8(18)9-2-5-13(11(15)6-9)19-14-7-10(16)3-4-12(14)17/h2-8,18H,1H3/t8-/m0/s1. The van der Waals surface area contributed by atoms with E-state index in [4.69, 9.17) is 23.2 Å². The normalized spacial score (nSPS) is 12.5. The summed E-state index contributed by atoms with van der Waals surface area (Å²) in [6.07, 6.45) is -0.481. The maximum absolute atomic E-state index is 9.54. The predicted octanol–water partition coefficient (Wildman–Crippen LogP) is 5.96. The van der Waals surface area contributed by atoms with Gasteiger partial charge in [-0.25, -0.2) is 0 Å². The Morgan fingerprint density at radius 3 is 2.47 bits per heavy atom. The molecule has 0 unspecified atom stereocenters. The van der Waals surface area contributed by atoms with Gasteiger partial charge in [0.25, 0.3) is 0 Å². The number of aliphatic hydroxyl groups is 1. The molecular formula is C14H11BrCl2OS. The van der Waals surface area contributed by atoms with Gasteiger partial charge in [0.15, 0.2) is 0 Å². The van der Waals surface area contributed by atoms with Gasteiger partial charge in [-0.3, -0.25) is 0 Å². The van der Waals surface area contributed by atoms with Crippen molar-refractivity contribution in [3.63, 3.8) is 0 Å². The Balaban J connectivity index is 2.31. The highest BCUT2D eigenvalue weighted by Gasteiger charge is 2.09. The van der Waals surface area contributed by atoms with Crippen molar-refractivity contribution in [1.29, 1.82) is 0 Å². The van der Waals surface area contributed by atoms with Crippen molar-refractivity contribution in [3.05, 3.63) is 56.5 Å². The summed E-state index contributed by atoms with van der Waals surface area (Å²) in [6, 6.07) is 11.1. The number of aliphatic hydroxyl groups excluding tert-OH is 1. The van der Waals surface area contributed by atoms with E-state index in [1.807, 2.05) is 24.3 Å².